The molecular formula is C19H23N5OS. The van der Waals surface area contributed by atoms with Crippen LogP contribution in [-0.4, -0.2) is 32.0 Å². The summed E-state index contributed by atoms with van der Waals surface area (Å²) in [6.07, 6.45) is 4.59. The number of nitrogens with zero attached hydrogens (tertiary/aromatic N) is 4. The van der Waals surface area contributed by atoms with Crippen LogP contribution in [0.15, 0.2) is 29.4 Å². The second-order valence-electron chi connectivity index (χ2n) is 6.77. The largest absolute Gasteiger partial charge is 0.337 e. The number of thioether (sulfide) groups is 1. The second-order valence-corrected chi connectivity index (χ2v) is 7.71. The number of carbonyl (C=O) groups excluding carboxylic acids is 1. The number of rotatable bonds is 5. The number of amides is 1. The van der Waals surface area contributed by atoms with Gasteiger partial charge in [0, 0.05) is 12.6 Å². The third kappa shape index (κ3) is 3.91. The zero-order valence-corrected chi connectivity index (χ0v) is 16.0. The van der Waals surface area contributed by atoms with Gasteiger partial charge in [0.1, 0.15) is 5.54 Å². The van der Waals surface area contributed by atoms with Crippen LogP contribution in [0.5, 0.6) is 0 Å². The molecule has 0 aliphatic heterocycles. The Morgan fingerprint density at radius 3 is 2.73 bits per heavy atom. The fraction of sp³-hybridized carbons (Fsp3) is 0.474. The highest BCUT2D eigenvalue weighted by molar-refractivity contribution is 7.99. The molecule has 6 nitrogen and oxygen atoms in total. The van der Waals surface area contributed by atoms with Crippen molar-refractivity contribution in [2.75, 3.05) is 5.75 Å². The highest BCUT2D eigenvalue weighted by Gasteiger charge is 2.33. The summed E-state index contributed by atoms with van der Waals surface area (Å²) in [5.74, 6) is 0.883. The van der Waals surface area contributed by atoms with Gasteiger partial charge in [-0.25, -0.2) is 0 Å². The number of aryl methyl sites for hydroxylation is 1. The number of hydrogen-bond acceptors (Lipinski definition) is 5. The minimum absolute atomic E-state index is 0.126. The molecule has 0 saturated heterocycles. The average molecular weight is 369 g/mol. The molecule has 1 aliphatic carbocycles. The van der Waals surface area contributed by atoms with Crippen LogP contribution in [0.4, 0.5) is 0 Å². The van der Waals surface area contributed by atoms with Crippen LogP contribution in [-0.2, 0) is 11.8 Å². The summed E-state index contributed by atoms with van der Waals surface area (Å²) in [5, 5.41) is 21.6. The van der Waals surface area contributed by atoms with Crippen molar-refractivity contribution in [3.63, 3.8) is 0 Å². The fourth-order valence-corrected chi connectivity index (χ4v) is 4.06. The van der Waals surface area contributed by atoms with Gasteiger partial charge in [0.15, 0.2) is 11.0 Å². The first kappa shape index (κ1) is 18.5. The number of benzene rings is 1. The van der Waals surface area contributed by atoms with E-state index in [4.69, 9.17) is 0 Å². The molecule has 2 aromatic rings. The van der Waals surface area contributed by atoms with E-state index in [1.807, 2.05) is 42.8 Å². The van der Waals surface area contributed by atoms with E-state index in [2.05, 4.69) is 21.6 Å². The molecule has 0 spiro atoms. The lowest BCUT2D eigenvalue weighted by Crippen LogP contribution is -2.49. The fourth-order valence-electron chi connectivity index (χ4n) is 3.35. The summed E-state index contributed by atoms with van der Waals surface area (Å²) in [6, 6.07) is 10.3. The number of carbonyl (C=O) groups is 1. The van der Waals surface area contributed by atoms with Crippen LogP contribution in [0, 0.1) is 18.3 Å². The third-order valence-corrected chi connectivity index (χ3v) is 5.87. The van der Waals surface area contributed by atoms with Crippen molar-refractivity contribution in [1.82, 2.24) is 20.1 Å². The standard InChI is InChI=1S/C19H23N5OS/c1-14-8-4-5-9-15(14)17-22-23-18(24(17)2)26-12-16(25)21-19(13-20)10-6-3-7-11-19/h4-5,8-9H,3,6-7,10-12H2,1-2H3,(H,21,25). The summed E-state index contributed by atoms with van der Waals surface area (Å²) < 4.78 is 1.90. The lowest BCUT2D eigenvalue weighted by atomic mass is 9.83. The molecule has 1 heterocycles. The van der Waals surface area contributed by atoms with E-state index in [9.17, 15) is 10.1 Å². The van der Waals surface area contributed by atoms with E-state index >= 15 is 0 Å². The number of nitriles is 1. The van der Waals surface area contributed by atoms with Gasteiger partial charge in [-0.05, 0) is 25.3 Å². The molecule has 1 fully saturated rings. The molecule has 1 aliphatic rings. The van der Waals surface area contributed by atoms with Gasteiger partial charge >= 0.3 is 0 Å². The van der Waals surface area contributed by atoms with Crippen LogP contribution < -0.4 is 5.32 Å². The maximum atomic E-state index is 12.4. The van der Waals surface area contributed by atoms with Crippen molar-refractivity contribution in [2.24, 2.45) is 7.05 Å². The first-order valence-electron chi connectivity index (χ1n) is 8.85. The SMILES string of the molecule is Cc1ccccc1-c1nnc(SCC(=O)NC2(C#N)CCCCC2)n1C. The van der Waals surface area contributed by atoms with E-state index in [-0.39, 0.29) is 11.7 Å². The van der Waals surface area contributed by atoms with E-state index in [0.717, 1.165) is 49.1 Å². The smallest absolute Gasteiger partial charge is 0.231 e. The van der Waals surface area contributed by atoms with Crippen molar-refractivity contribution < 1.29 is 4.79 Å². The van der Waals surface area contributed by atoms with Crippen molar-refractivity contribution in [3.05, 3.63) is 29.8 Å². The summed E-state index contributed by atoms with van der Waals surface area (Å²) in [4.78, 5) is 12.4. The molecule has 0 bridgehead atoms. The van der Waals surface area contributed by atoms with Gasteiger partial charge in [-0.3, -0.25) is 4.79 Å². The maximum Gasteiger partial charge on any atom is 0.231 e. The molecule has 136 valence electrons. The molecule has 1 saturated carbocycles. The van der Waals surface area contributed by atoms with Gasteiger partial charge in [-0.1, -0.05) is 55.3 Å². The molecule has 1 N–H and O–H groups in total. The van der Waals surface area contributed by atoms with Gasteiger partial charge in [-0.15, -0.1) is 10.2 Å². The third-order valence-electron chi connectivity index (χ3n) is 4.85. The molecule has 26 heavy (non-hydrogen) atoms. The molecule has 1 aromatic heterocycles. The summed E-state index contributed by atoms with van der Waals surface area (Å²) in [7, 11) is 1.90. The van der Waals surface area contributed by atoms with Gasteiger partial charge in [0.2, 0.25) is 5.91 Å². The summed E-state index contributed by atoms with van der Waals surface area (Å²) in [6.45, 7) is 2.04. The highest BCUT2D eigenvalue weighted by Crippen LogP contribution is 2.28. The average Bonchev–Trinajstić information content (AvgIpc) is 3.01. The molecule has 0 unspecified atom stereocenters. The predicted molar refractivity (Wildman–Crippen MR) is 101 cm³/mol. The molecule has 7 heteroatoms. The van der Waals surface area contributed by atoms with Crippen molar-refractivity contribution in [1.29, 1.82) is 5.26 Å². The van der Waals surface area contributed by atoms with E-state index in [1.165, 1.54) is 11.8 Å². The minimum Gasteiger partial charge on any atom is -0.337 e. The molecule has 3 rings (SSSR count). The lowest BCUT2D eigenvalue weighted by molar-refractivity contribution is -0.120. The summed E-state index contributed by atoms with van der Waals surface area (Å²) in [5.41, 5.74) is 1.47. The van der Waals surface area contributed by atoms with Gasteiger partial charge in [0.05, 0.1) is 11.8 Å². The molecule has 1 amide bonds. The van der Waals surface area contributed by atoms with Crippen LogP contribution in [0.2, 0.25) is 0 Å². The normalized spacial score (nSPS) is 16.0. The zero-order valence-electron chi connectivity index (χ0n) is 15.2. The topological polar surface area (TPSA) is 83.6 Å². The van der Waals surface area contributed by atoms with Crippen LogP contribution >= 0.6 is 11.8 Å². The first-order chi connectivity index (χ1) is 12.5. The Kier molecular flexibility index (Phi) is 5.62. The van der Waals surface area contributed by atoms with Gasteiger partial charge in [0.25, 0.3) is 0 Å². The number of hydrogen-bond donors (Lipinski definition) is 1. The molecule has 0 atom stereocenters. The predicted octanol–water partition coefficient (Wildman–Crippen LogP) is 3.23. The Morgan fingerprint density at radius 2 is 2.04 bits per heavy atom. The van der Waals surface area contributed by atoms with Crippen molar-refractivity contribution in [2.45, 2.75) is 49.7 Å². The Bertz CT molecular complexity index is 833. The number of nitrogens with one attached hydrogen (secondary N) is 1. The van der Waals surface area contributed by atoms with E-state index < -0.39 is 5.54 Å². The Hall–Kier alpha value is -2.33. The zero-order chi connectivity index (χ0) is 18.6. The van der Waals surface area contributed by atoms with Gasteiger partial charge in [-0.2, -0.15) is 5.26 Å². The quantitative estimate of drug-likeness (QED) is 0.818. The summed E-state index contributed by atoms with van der Waals surface area (Å²) >= 11 is 1.34. The van der Waals surface area contributed by atoms with Crippen molar-refractivity contribution in [3.8, 4) is 17.5 Å². The highest BCUT2D eigenvalue weighted by atomic mass is 32.2. The van der Waals surface area contributed by atoms with Gasteiger partial charge < -0.3 is 9.88 Å². The molecule has 0 radical (unpaired) electrons. The monoisotopic (exact) mass is 369 g/mol. The second kappa shape index (κ2) is 7.92. The lowest BCUT2D eigenvalue weighted by Gasteiger charge is -2.31. The first-order valence-corrected chi connectivity index (χ1v) is 9.84. The minimum atomic E-state index is -0.692. The van der Waals surface area contributed by atoms with E-state index in [0.29, 0.717) is 5.16 Å². The van der Waals surface area contributed by atoms with E-state index in [1.54, 1.807) is 0 Å². The van der Waals surface area contributed by atoms with Crippen molar-refractivity contribution >= 4 is 17.7 Å². The Labute approximate surface area is 158 Å². The van der Waals surface area contributed by atoms with Crippen LogP contribution in [0.3, 0.4) is 0 Å². The Balaban J connectivity index is 1.64. The van der Waals surface area contributed by atoms with Crippen LogP contribution in [0.1, 0.15) is 37.7 Å². The molecule has 1 aromatic carbocycles. The van der Waals surface area contributed by atoms with Crippen LogP contribution in [0.25, 0.3) is 11.4 Å². The molecular weight excluding hydrogens is 346 g/mol. The number of aromatic nitrogens is 3. The Morgan fingerprint density at radius 1 is 1.31 bits per heavy atom. The maximum absolute atomic E-state index is 12.4.